The molecule has 1 aromatic carbocycles. The highest BCUT2D eigenvalue weighted by atomic mass is 32.2. The number of carbonyl (C=O) groups excluding carboxylic acids is 1. The van der Waals surface area contributed by atoms with Crippen molar-refractivity contribution in [2.75, 3.05) is 13.1 Å². The Morgan fingerprint density at radius 1 is 1.30 bits per heavy atom. The molecule has 0 radical (unpaired) electrons. The molecule has 1 aliphatic rings. The lowest BCUT2D eigenvalue weighted by Crippen LogP contribution is -2.27. The number of halogens is 3. The molecule has 1 unspecified atom stereocenters. The number of amides is 1. The minimum absolute atomic E-state index is 0.155. The molecule has 1 atom stereocenters. The minimum Gasteiger partial charge on any atom is -0.343 e. The van der Waals surface area contributed by atoms with Crippen LogP contribution in [-0.4, -0.2) is 28.7 Å². The third-order valence-electron chi connectivity index (χ3n) is 3.01. The molecule has 0 heterocycles. The van der Waals surface area contributed by atoms with E-state index in [1.165, 1.54) is 18.2 Å². The van der Waals surface area contributed by atoms with Crippen molar-refractivity contribution in [3.8, 4) is 11.8 Å². The van der Waals surface area contributed by atoms with Gasteiger partial charge in [0.2, 0.25) is 0 Å². The first-order chi connectivity index (χ1) is 10.8. The quantitative estimate of drug-likeness (QED) is 0.674. The number of benzene rings is 1. The fourth-order valence-corrected chi connectivity index (χ4v) is 3.11. The molecule has 1 saturated carbocycles. The van der Waals surface area contributed by atoms with Crippen molar-refractivity contribution in [3.05, 3.63) is 30.3 Å². The number of nitrogens with zero attached hydrogens (tertiary/aromatic N) is 1. The summed E-state index contributed by atoms with van der Waals surface area (Å²) in [5.74, 6) is 4.80. The Labute approximate surface area is 132 Å². The Morgan fingerprint density at radius 2 is 1.96 bits per heavy atom. The summed E-state index contributed by atoms with van der Waals surface area (Å²) in [5.41, 5.74) is -4.98. The van der Waals surface area contributed by atoms with E-state index in [9.17, 15) is 22.2 Å². The number of rotatable bonds is 4. The van der Waals surface area contributed by atoms with Crippen molar-refractivity contribution in [3.63, 3.8) is 0 Å². The van der Waals surface area contributed by atoms with Crippen LogP contribution in [0.4, 0.5) is 13.2 Å². The maximum absolute atomic E-state index is 13.1. The molecule has 0 saturated heterocycles. The zero-order valence-electron chi connectivity index (χ0n) is 12.1. The van der Waals surface area contributed by atoms with Gasteiger partial charge < -0.3 is 5.32 Å². The van der Waals surface area contributed by atoms with E-state index in [4.69, 9.17) is 0 Å². The van der Waals surface area contributed by atoms with Crippen molar-refractivity contribution in [1.29, 1.82) is 0 Å². The highest BCUT2D eigenvalue weighted by Crippen LogP contribution is 2.32. The van der Waals surface area contributed by atoms with E-state index in [1.807, 2.05) is 0 Å². The van der Waals surface area contributed by atoms with Gasteiger partial charge in [-0.05, 0) is 30.9 Å². The fourth-order valence-electron chi connectivity index (χ4n) is 1.67. The van der Waals surface area contributed by atoms with Gasteiger partial charge in [-0.3, -0.25) is 4.79 Å². The van der Waals surface area contributed by atoms with E-state index in [-0.39, 0.29) is 12.5 Å². The number of hydrogen-bond donors (Lipinski definition) is 1. The Hall–Kier alpha value is -2.01. The van der Waals surface area contributed by atoms with Crippen LogP contribution < -0.4 is 5.32 Å². The zero-order chi connectivity index (χ0) is 16.9. The Balaban J connectivity index is 2.03. The molecule has 124 valence electrons. The second kappa shape index (κ2) is 7.04. The molecule has 0 aromatic heterocycles. The van der Waals surface area contributed by atoms with E-state index >= 15 is 0 Å². The summed E-state index contributed by atoms with van der Waals surface area (Å²) in [4.78, 5) is 11.0. The van der Waals surface area contributed by atoms with E-state index in [2.05, 4.69) is 21.5 Å². The standard InChI is InChI=1S/C15H15F3N2O2S/c16-15(17,18)23(22,13-4-2-1-3-5-13)20-11-10-19-14(21)9-8-12-6-7-12/h1-5,12H,6-7,10-11H2,(H,19,21). The molecule has 4 nitrogen and oxygen atoms in total. The topological polar surface area (TPSA) is 58.5 Å². The molecular formula is C15H15F3N2O2S. The SMILES string of the molecule is O=C(C#CC1CC1)NCCN=S(=O)(c1ccccc1)C(F)(F)F. The monoisotopic (exact) mass is 344 g/mol. The molecule has 1 aromatic rings. The normalized spacial score (nSPS) is 16.7. The highest BCUT2D eigenvalue weighted by Gasteiger charge is 2.44. The fraction of sp³-hybridized carbons (Fsp3) is 0.400. The van der Waals surface area contributed by atoms with Crippen molar-refractivity contribution in [1.82, 2.24) is 5.32 Å². The van der Waals surface area contributed by atoms with Gasteiger partial charge in [-0.25, -0.2) is 8.57 Å². The lowest BCUT2D eigenvalue weighted by Gasteiger charge is -2.13. The van der Waals surface area contributed by atoms with Crippen molar-refractivity contribution >= 4 is 15.6 Å². The molecule has 1 fully saturated rings. The average molecular weight is 344 g/mol. The molecule has 8 heteroatoms. The summed E-state index contributed by atoms with van der Waals surface area (Å²) >= 11 is 0. The summed E-state index contributed by atoms with van der Waals surface area (Å²) in [6.07, 6.45) is 1.95. The summed E-state index contributed by atoms with van der Waals surface area (Å²) in [7, 11) is -4.56. The van der Waals surface area contributed by atoms with Crippen LogP contribution in [0.1, 0.15) is 12.8 Å². The number of nitrogens with one attached hydrogen (secondary N) is 1. The predicted octanol–water partition coefficient (Wildman–Crippen LogP) is 2.56. The lowest BCUT2D eigenvalue weighted by atomic mass is 10.4. The van der Waals surface area contributed by atoms with E-state index in [0.717, 1.165) is 25.0 Å². The van der Waals surface area contributed by atoms with E-state index in [0.29, 0.717) is 0 Å². The molecule has 0 bridgehead atoms. The molecule has 1 aliphatic carbocycles. The van der Waals surface area contributed by atoms with Crippen LogP contribution in [0, 0.1) is 17.8 Å². The maximum Gasteiger partial charge on any atom is 0.483 e. The lowest BCUT2D eigenvalue weighted by molar-refractivity contribution is -0.115. The Morgan fingerprint density at radius 3 is 2.52 bits per heavy atom. The Kier molecular flexibility index (Phi) is 5.31. The summed E-state index contributed by atoms with van der Waals surface area (Å²) in [6, 6.07) is 6.51. The molecule has 0 spiro atoms. The van der Waals surface area contributed by atoms with Gasteiger partial charge in [0, 0.05) is 12.5 Å². The van der Waals surface area contributed by atoms with Crippen molar-refractivity contribution in [2.24, 2.45) is 10.3 Å². The van der Waals surface area contributed by atoms with Crippen LogP contribution in [0.5, 0.6) is 0 Å². The van der Waals surface area contributed by atoms with Gasteiger partial charge in [0.25, 0.3) is 5.91 Å². The van der Waals surface area contributed by atoms with Crippen LogP contribution in [0.3, 0.4) is 0 Å². The van der Waals surface area contributed by atoms with Crippen LogP contribution in [0.15, 0.2) is 39.6 Å². The summed E-state index contributed by atoms with van der Waals surface area (Å²) in [6.45, 7) is -0.567. The molecule has 23 heavy (non-hydrogen) atoms. The van der Waals surface area contributed by atoms with E-state index in [1.54, 1.807) is 0 Å². The second-order valence-electron chi connectivity index (χ2n) is 4.94. The second-order valence-corrected chi connectivity index (χ2v) is 7.18. The van der Waals surface area contributed by atoms with E-state index < -0.39 is 32.6 Å². The first-order valence-electron chi connectivity index (χ1n) is 6.96. The predicted molar refractivity (Wildman–Crippen MR) is 79.7 cm³/mol. The van der Waals surface area contributed by atoms with Gasteiger partial charge in [0.15, 0.2) is 9.73 Å². The van der Waals surface area contributed by atoms with Crippen LogP contribution in [0.2, 0.25) is 0 Å². The maximum atomic E-state index is 13.1. The number of hydrogen-bond acceptors (Lipinski definition) is 3. The van der Waals surface area contributed by atoms with Gasteiger partial charge in [-0.2, -0.15) is 13.2 Å². The molecule has 1 amide bonds. The average Bonchev–Trinajstić information content (AvgIpc) is 3.33. The molecule has 1 N–H and O–H groups in total. The van der Waals surface area contributed by atoms with Gasteiger partial charge >= 0.3 is 5.51 Å². The third kappa shape index (κ3) is 4.73. The number of carbonyl (C=O) groups is 1. The van der Waals surface area contributed by atoms with Crippen LogP contribution in [-0.2, 0) is 14.5 Å². The van der Waals surface area contributed by atoms with Crippen LogP contribution in [0.25, 0.3) is 0 Å². The van der Waals surface area contributed by atoms with Crippen molar-refractivity contribution in [2.45, 2.75) is 23.2 Å². The summed E-state index contributed by atoms with van der Waals surface area (Å²) in [5, 5.41) is 2.34. The largest absolute Gasteiger partial charge is 0.483 e. The molecule has 0 aliphatic heterocycles. The Bertz CT molecular complexity index is 737. The minimum atomic E-state index is -4.98. The van der Waals surface area contributed by atoms with Gasteiger partial charge in [0.05, 0.1) is 11.4 Å². The van der Waals surface area contributed by atoms with Gasteiger partial charge in [0.1, 0.15) is 0 Å². The first-order valence-corrected chi connectivity index (χ1v) is 8.48. The van der Waals surface area contributed by atoms with Crippen molar-refractivity contribution < 1.29 is 22.2 Å². The zero-order valence-corrected chi connectivity index (χ0v) is 12.9. The summed E-state index contributed by atoms with van der Waals surface area (Å²) < 4.78 is 54.9. The molecular weight excluding hydrogens is 329 g/mol. The number of alkyl halides is 3. The van der Waals surface area contributed by atoms with Gasteiger partial charge in [-0.15, -0.1) is 0 Å². The van der Waals surface area contributed by atoms with Gasteiger partial charge in [-0.1, -0.05) is 24.1 Å². The smallest absolute Gasteiger partial charge is 0.343 e. The third-order valence-corrected chi connectivity index (χ3v) is 5.10. The van der Waals surface area contributed by atoms with Crippen LogP contribution >= 0.6 is 0 Å². The molecule has 2 rings (SSSR count). The first kappa shape index (κ1) is 17.3. The highest BCUT2D eigenvalue weighted by molar-refractivity contribution is 7.94.